The number of fused-ring (bicyclic) bond motifs is 1. The van der Waals surface area contributed by atoms with Gasteiger partial charge in [0.25, 0.3) is 6.33 Å². The topological polar surface area (TPSA) is 108 Å². The van der Waals surface area contributed by atoms with Crippen molar-refractivity contribution in [1.82, 2.24) is 39.0 Å². The van der Waals surface area contributed by atoms with Gasteiger partial charge in [-0.15, -0.1) is 0 Å². The van der Waals surface area contributed by atoms with Crippen LogP contribution in [0.5, 0.6) is 5.88 Å². The van der Waals surface area contributed by atoms with Gasteiger partial charge in [0.1, 0.15) is 36.5 Å². The zero-order valence-corrected chi connectivity index (χ0v) is 20.7. The average Bonchev–Trinajstić information content (AvgIpc) is 3.52. The molecule has 5 rings (SSSR count). The Morgan fingerprint density at radius 3 is 2.73 bits per heavy atom. The van der Waals surface area contributed by atoms with Gasteiger partial charge in [-0.2, -0.15) is 9.55 Å². The van der Waals surface area contributed by atoms with E-state index in [0.29, 0.717) is 42.5 Å². The van der Waals surface area contributed by atoms with Crippen molar-refractivity contribution in [2.75, 3.05) is 13.1 Å². The Hall–Kier alpha value is -3.16. The fourth-order valence-corrected chi connectivity index (χ4v) is 3.91. The van der Waals surface area contributed by atoms with Gasteiger partial charge in [0.15, 0.2) is 11.2 Å². The highest BCUT2D eigenvalue weighted by Gasteiger charge is 2.32. The minimum atomic E-state index is -0.167. The van der Waals surface area contributed by atoms with Crippen LogP contribution in [0, 0.1) is 6.92 Å². The molecule has 0 aliphatic carbocycles. The van der Waals surface area contributed by atoms with Crippen molar-refractivity contribution in [2.45, 2.75) is 32.9 Å². The van der Waals surface area contributed by atoms with Crippen molar-refractivity contribution in [3.8, 4) is 17.3 Å². The highest BCUT2D eigenvalue weighted by atomic mass is 127. The third-order valence-electron chi connectivity index (χ3n) is 5.54. The summed E-state index contributed by atoms with van der Waals surface area (Å²) in [5, 5.41) is 0. The number of imidazole rings is 2. The molecule has 0 N–H and O–H groups in total. The molecule has 1 saturated heterocycles. The summed E-state index contributed by atoms with van der Waals surface area (Å²) in [6, 6.07) is -0.0681. The first-order valence-electron chi connectivity index (χ1n) is 10.5. The maximum atomic E-state index is 12.7. The first kappa shape index (κ1) is 23.0. The molecule has 1 unspecified atom stereocenters. The molecule has 5 heterocycles. The van der Waals surface area contributed by atoms with E-state index in [1.54, 1.807) is 34.4 Å². The maximum absolute atomic E-state index is 12.7. The third-order valence-corrected chi connectivity index (χ3v) is 5.54. The van der Waals surface area contributed by atoms with Crippen LogP contribution in [0.1, 0.15) is 19.2 Å². The minimum absolute atomic E-state index is 0. The number of aromatic nitrogens is 8. The largest absolute Gasteiger partial charge is 1.00 e. The monoisotopic (exact) mass is 561 g/mol. The Labute approximate surface area is 207 Å². The van der Waals surface area contributed by atoms with E-state index in [-0.39, 0.29) is 36.1 Å². The normalized spacial score (nSPS) is 15.6. The number of hydrogen-bond donors (Lipinski definition) is 0. The second-order valence-electron chi connectivity index (χ2n) is 7.79. The number of rotatable bonds is 4. The molecule has 1 amide bonds. The first-order valence-corrected chi connectivity index (χ1v) is 10.5. The standard InChI is InChI=1S/C21H24N9O2.HI/c1-4-30-18(15-9-22-14(2)23-10-15)26-17-19(30)24-12-25-20(17)32-16-5-6-28(11-16)21(31)29-8-7-27(3)13-29;/h7-10,12-13,16H,4-6,11H2,1-3H3;1H/q+1;/p-1. The average molecular weight is 561 g/mol. The van der Waals surface area contributed by atoms with E-state index >= 15 is 0 Å². The van der Waals surface area contributed by atoms with E-state index in [1.165, 1.54) is 6.33 Å². The molecule has 0 radical (unpaired) electrons. The molecule has 0 spiro atoms. The van der Waals surface area contributed by atoms with E-state index in [4.69, 9.17) is 9.72 Å². The molecule has 172 valence electrons. The van der Waals surface area contributed by atoms with Crippen molar-refractivity contribution in [3.05, 3.63) is 43.3 Å². The summed E-state index contributed by atoms with van der Waals surface area (Å²) in [5.74, 6) is 1.84. The van der Waals surface area contributed by atoms with Crippen molar-refractivity contribution < 1.29 is 38.1 Å². The van der Waals surface area contributed by atoms with Crippen molar-refractivity contribution in [2.24, 2.45) is 7.05 Å². The lowest BCUT2D eigenvalue weighted by molar-refractivity contribution is -0.670. The smallest absolute Gasteiger partial charge is 0.415 e. The number of nitrogens with zero attached hydrogens (tertiary/aromatic N) is 9. The Morgan fingerprint density at radius 2 is 2.03 bits per heavy atom. The molecule has 33 heavy (non-hydrogen) atoms. The predicted molar refractivity (Wildman–Crippen MR) is 114 cm³/mol. The molecule has 1 fully saturated rings. The molecule has 0 saturated carbocycles. The van der Waals surface area contributed by atoms with Crippen molar-refractivity contribution in [3.63, 3.8) is 0 Å². The highest BCUT2D eigenvalue weighted by molar-refractivity contribution is 5.81. The molecule has 1 atom stereocenters. The van der Waals surface area contributed by atoms with Gasteiger partial charge < -0.3 is 38.2 Å². The number of ether oxygens (including phenoxy) is 1. The van der Waals surface area contributed by atoms with Crippen LogP contribution in [0.15, 0.2) is 37.4 Å². The molecule has 11 nitrogen and oxygen atoms in total. The molecular weight excluding hydrogens is 537 g/mol. The van der Waals surface area contributed by atoms with Crippen LogP contribution >= 0.6 is 0 Å². The molecule has 12 heteroatoms. The number of carbonyl (C=O) groups excluding carboxylic acids is 1. The lowest BCUT2D eigenvalue weighted by Crippen LogP contribution is -3.00. The fourth-order valence-electron chi connectivity index (χ4n) is 3.91. The molecular formula is C21H24IN9O2. The minimum Gasteiger partial charge on any atom is -1.00 e. The molecule has 4 aromatic rings. The van der Waals surface area contributed by atoms with E-state index in [0.717, 1.165) is 17.8 Å². The van der Waals surface area contributed by atoms with Crippen LogP contribution in [0.25, 0.3) is 22.6 Å². The maximum Gasteiger partial charge on any atom is 0.415 e. The van der Waals surface area contributed by atoms with Gasteiger partial charge in [-0.05, 0) is 13.8 Å². The number of halogens is 1. The summed E-state index contributed by atoms with van der Waals surface area (Å²) >= 11 is 0. The van der Waals surface area contributed by atoms with Crippen molar-refractivity contribution >= 4 is 17.2 Å². The third kappa shape index (κ3) is 4.38. The zero-order chi connectivity index (χ0) is 22.2. The summed E-state index contributed by atoms with van der Waals surface area (Å²) in [7, 11) is 1.88. The SMILES string of the molecule is CCn1c(-c2cnc(C)nc2)nc2c(OC3CCN(C(=O)n4cc[n+](C)c4)C3)ncnc21.[I-]. The Bertz CT molecular complexity index is 1280. The van der Waals surface area contributed by atoms with Gasteiger partial charge in [-0.25, -0.2) is 29.3 Å². The number of amides is 1. The fraction of sp³-hybridized carbons (Fsp3) is 0.381. The van der Waals surface area contributed by atoms with Crippen LogP contribution in [0.2, 0.25) is 0 Å². The number of aryl methyl sites for hydroxylation is 3. The Morgan fingerprint density at radius 1 is 1.24 bits per heavy atom. The summed E-state index contributed by atoms with van der Waals surface area (Å²) in [6.45, 7) is 5.66. The Balaban J connectivity index is 0.00000259. The highest BCUT2D eigenvalue weighted by Crippen LogP contribution is 2.29. The zero-order valence-electron chi connectivity index (χ0n) is 18.6. The van der Waals surface area contributed by atoms with Crippen LogP contribution < -0.4 is 33.3 Å². The summed E-state index contributed by atoms with van der Waals surface area (Å²) in [6.07, 6.45) is 10.9. The van der Waals surface area contributed by atoms with Gasteiger partial charge in [-0.1, -0.05) is 0 Å². The van der Waals surface area contributed by atoms with Gasteiger partial charge in [0.05, 0.1) is 19.2 Å². The predicted octanol–water partition coefficient (Wildman–Crippen LogP) is -1.64. The van der Waals surface area contributed by atoms with Crippen LogP contribution in [-0.2, 0) is 13.6 Å². The molecule has 4 aromatic heterocycles. The lowest BCUT2D eigenvalue weighted by atomic mass is 10.3. The van der Waals surface area contributed by atoms with E-state index in [9.17, 15) is 4.79 Å². The molecule has 0 aromatic carbocycles. The van der Waals surface area contributed by atoms with Crippen LogP contribution in [0.4, 0.5) is 4.79 Å². The molecule has 1 aliphatic rings. The molecule has 1 aliphatic heterocycles. The number of likely N-dealkylation sites (tertiary alicyclic amines) is 1. The number of carbonyl (C=O) groups is 1. The second kappa shape index (κ2) is 9.37. The Kier molecular flexibility index (Phi) is 6.54. The van der Waals surface area contributed by atoms with Gasteiger partial charge in [0, 0.05) is 31.9 Å². The van der Waals surface area contributed by atoms with Gasteiger partial charge >= 0.3 is 6.03 Å². The van der Waals surface area contributed by atoms with E-state index in [1.807, 2.05) is 36.2 Å². The second-order valence-corrected chi connectivity index (χ2v) is 7.79. The van der Waals surface area contributed by atoms with Gasteiger partial charge in [0.2, 0.25) is 5.88 Å². The number of hydrogen-bond acceptors (Lipinski definition) is 7. The quantitative estimate of drug-likeness (QED) is 0.218. The lowest BCUT2D eigenvalue weighted by Gasteiger charge is -2.14. The summed E-state index contributed by atoms with van der Waals surface area (Å²) in [5.41, 5.74) is 2.09. The summed E-state index contributed by atoms with van der Waals surface area (Å²) in [4.78, 5) is 36.6. The molecule has 0 bridgehead atoms. The summed E-state index contributed by atoms with van der Waals surface area (Å²) < 4.78 is 11.6. The first-order chi connectivity index (χ1) is 15.5. The van der Waals surface area contributed by atoms with E-state index < -0.39 is 0 Å². The van der Waals surface area contributed by atoms with Crippen molar-refractivity contribution in [1.29, 1.82) is 0 Å². The van der Waals surface area contributed by atoms with Crippen LogP contribution in [-0.4, -0.2) is 64.2 Å². The van der Waals surface area contributed by atoms with E-state index in [2.05, 4.69) is 19.9 Å². The van der Waals surface area contributed by atoms with Crippen LogP contribution in [0.3, 0.4) is 0 Å². The van der Waals surface area contributed by atoms with Gasteiger partial charge in [-0.3, -0.25) is 0 Å².